The molecule has 0 aliphatic carbocycles. The van der Waals surface area contributed by atoms with E-state index < -0.39 is 24.2 Å². The van der Waals surface area contributed by atoms with Gasteiger partial charge in [0.2, 0.25) is 0 Å². The van der Waals surface area contributed by atoms with Gasteiger partial charge in [-0.1, -0.05) is 36.7 Å². The fraction of sp³-hybridized carbons (Fsp3) is 0.385. The molecule has 7 nitrogen and oxygen atoms in total. The zero-order valence-corrected chi connectivity index (χ0v) is 22.4. The van der Waals surface area contributed by atoms with Crippen LogP contribution in [0.3, 0.4) is 0 Å². The number of halogens is 4. The van der Waals surface area contributed by atoms with Crippen LogP contribution in [0.5, 0.6) is 5.75 Å². The summed E-state index contributed by atoms with van der Waals surface area (Å²) < 4.78 is 51.7. The Kier molecular flexibility index (Phi) is 8.39. The first-order valence-electron chi connectivity index (χ1n) is 12.0. The summed E-state index contributed by atoms with van der Waals surface area (Å²) in [5, 5.41) is 1.16. The number of rotatable bonds is 8. The standard InChI is InChI=1S/C26H25ClF3N3O4S/c1-4-17-16(13-33-11-10-20(33)24(34)37-25(35)26(28,29)30)6-5-7-18(17)22-31-23(38-32-22)15-8-9-21(19(27)12-15)36-14(2)3/h5-9,12,14,20H,4,10-11,13H2,1-3H3. The van der Waals surface area contributed by atoms with Crippen LogP contribution in [0.15, 0.2) is 36.4 Å². The average Bonchev–Trinajstić information content (AvgIpc) is 3.32. The zero-order valence-electron chi connectivity index (χ0n) is 20.8. The molecule has 1 aromatic heterocycles. The summed E-state index contributed by atoms with van der Waals surface area (Å²) in [7, 11) is 0. The Bertz CT molecular complexity index is 1350. The van der Waals surface area contributed by atoms with Crippen LogP contribution < -0.4 is 4.74 Å². The summed E-state index contributed by atoms with van der Waals surface area (Å²) in [5.41, 5.74) is 3.48. The molecule has 0 spiro atoms. The van der Waals surface area contributed by atoms with E-state index in [2.05, 4.69) is 9.11 Å². The molecular weight excluding hydrogens is 543 g/mol. The fourth-order valence-corrected chi connectivity index (χ4v) is 5.07. The van der Waals surface area contributed by atoms with Crippen LogP contribution in [0.1, 0.15) is 38.3 Å². The summed E-state index contributed by atoms with van der Waals surface area (Å²) in [5.74, 6) is -2.56. The molecule has 1 aliphatic rings. The molecule has 0 saturated carbocycles. The number of hydrogen-bond donors (Lipinski definition) is 0. The second kappa shape index (κ2) is 11.4. The van der Waals surface area contributed by atoms with Crippen molar-refractivity contribution in [1.29, 1.82) is 0 Å². The van der Waals surface area contributed by atoms with Crippen molar-refractivity contribution in [2.75, 3.05) is 6.54 Å². The van der Waals surface area contributed by atoms with Crippen molar-refractivity contribution in [3.05, 3.63) is 52.5 Å². The number of aromatic nitrogens is 2. The van der Waals surface area contributed by atoms with Crippen LogP contribution in [-0.2, 0) is 27.3 Å². The Hall–Kier alpha value is -3.02. The highest BCUT2D eigenvalue weighted by Crippen LogP contribution is 2.35. The molecule has 1 atom stereocenters. The molecule has 2 aromatic carbocycles. The zero-order chi connectivity index (χ0) is 27.6. The lowest BCUT2D eigenvalue weighted by Crippen LogP contribution is -2.53. The summed E-state index contributed by atoms with van der Waals surface area (Å²) in [4.78, 5) is 29.6. The first kappa shape index (κ1) is 28.0. The third-order valence-electron chi connectivity index (χ3n) is 6.04. The third-order valence-corrected chi connectivity index (χ3v) is 7.10. The molecule has 38 heavy (non-hydrogen) atoms. The van der Waals surface area contributed by atoms with E-state index in [1.807, 2.05) is 45.0 Å². The van der Waals surface area contributed by atoms with Gasteiger partial charge in [0, 0.05) is 24.2 Å². The Labute approximate surface area is 226 Å². The third kappa shape index (κ3) is 6.16. The maximum Gasteiger partial charge on any atom is 0.491 e. The monoisotopic (exact) mass is 567 g/mol. The van der Waals surface area contributed by atoms with Gasteiger partial charge in [-0.05, 0) is 67.5 Å². The largest absolute Gasteiger partial charge is 0.491 e. The first-order valence-corrected chi connectivity index (χ1v) is 13.1. The lowest BCUT2D eigenvalue weighted by Gasteiger charge is -2.39. The molecular formula is C26H25ClF3N3O4S. The second-order valence-corrected chi connectivity index (χ2v) is 10.2. The van der Waals surface area contributed by atoms with Crippen LogP contribution in [-0.4, -0.2) is 51.1 Å². The molecule has 1 aliphatic heterocycles. The van der Waals surface area contributed by atoms with E-state index in [9.17, 15) is 22.8 Å². The number of alkyl halides is 3. The van der Waals surface area contributed by atoms with Crippen molar-refractivity contribution in [3.8, 4) is 27.7 Å². The molecule has 202 valence electrons. The second-order valence-electron chi connectivity index (χ2n) is 9.01. The smallest absolute Gasteiger partial charge is 0.489 e. The van der Waals surface area contributed by atoms with Gasteiger partial charge < -0.3 is 9.47 Å². The number of ether oxygens (including phenoxy) is 2. The summed E-state index contributed by atoms with van der Waals surface area (Å²) in [6, 6.07) is 10.2. The minimum Gasteiger partial charge on any atom is -0.489 e. The number of benzene rings is 2. The Balaban J connectivity index is 1.52. The van der Waals surface area contributed by atoms with Gasteiger partial charge in [0.05, 0.1) is 11.1 Å². The van der Waals surface area contributed by atoms with Gasteiger partial charge in [0.1, 0.15) is 16.8 Å². The van der Waals surface area contributed by atoms with Gasteiger partial charge in [-0.2, -0.15) is 17.5 Å². The quantitative estimate of drug-likeness (QED) is 0.241. The highest BCUT2D eigenvalue weighted by atomic mass is 35.5. The van der Waals surface area contributed by atoms with Crippen LogP contribution >= 0.6 is 23.1 Å². The molecule has 2 heterocycles. The minimum atomic E-state index is -5.22. The number of carbonyl (C=O) groups excluding carboxylic acids is 2. The molecule has 1 unspecified atom stereocenters. The molecule has 0 radical (unpaired) electrons. The fourth-order valence-electron chi connectivity index (χ4n) is 4.18. The van der Waals surface area contributed by atoms with Gasteiger partial charge >= 0.3 is 18.1 Å². The topological polar surface area (TPSA) is 81.6 Å². The van der Waals surface area contributed by atoms with Crippen LogP contribution in [0.25, 0.3) is 22.0 Å². The molecule has 0 bridgehead atoms. The van der Waals surface area contributed by atoms with Crippen molar-refractivity contribution < 1.29 is 32.2 Å². The number of likely N-dealkylation sites (tertiary alicyclic amines) is 1. The van der Waals surface area contributed by atoms with E-state index >= 15 is 0 Å². The predicted octanol–water partition coefficient (Wildman–Crippen LogP) is 6.08. The van der Waals surface area contributed by atoms with E-state index in [4.69, 9.17) is 21.3 Å². The predicted molar refractivity (Wildman–Crippen MR) is 137 cm³/mol. The number of carbonyl (C=O) groups is 2. The van der Waals surface area contributed by atoms with E-state index in [0.29, 0.717) is 47.5 Å². The van der Waals surface area contributed by atoms with Gasteiger partial charge in [-0.3, -0.25) is 4.90 Å². The van der Waals surface area contributed by atoms with Gasteiger partial charge in [-0.25, -0.2) is 14.6 Å². The van der Waals surface area contributed by atoms with Crippen LogP contribution in [0.2, 0.25) is 5.02 Å². The molecule has 3 aromatic rings. The Morgan fingerprint density at radius 1 is 1.24 bits per heavy atom. The maximum atomic E-state index is 12.5. The Morgan fingerprint density at radius 3 is 2.61 bits per heavy atom. The lowest BCUT2D eigenvalue weighted by atomic mass is 9.95. The van der Waals surface area contributed by atoms with E-state index in [0.717, 1.165) is 22.3 Å². The van der Waals surface area contributed by atoms with Crippen LogP contribution in [0, 0.1) is 0 Å². The highest BCUT2D eigenvalue weighted by molar-refractivity contribution is 7.09. The number of nitrogens with zero attached hydrogens (tertiary/aromatic N) is 3. The molecule has 0 N–H and O–H groups in total. The SMILES string of the molecule is CCc1c(CN2CCC2C(=O)OC(=O)C(F)(F)F)cccc1-c1nsc(-c2ccc(OC(C)C)c(Cl)c2)n1. The lowest BCUT2D eigenvalue weighted by molar-refractivity contribution is -0.204. The van der Waals surface area contributed by atoms with Gasteiger partial charge in [0.15, 0.2) is 5.82 Å². The highest BCUT2D eigenvalue weighted by Gasteiger charge is 2.45. The van der Waals surface area contributed by atoms with Crippen molar-refractivity contribution in [1.82, 2.24) is 14.3 Å². The van der Waals surface area contributed by atoms with Gasteiger partial charge in [-0.15, -0.1) is 0 Å². The summed E-state index contributed by atoms with van der Waals surface area (Å²) in [6.45, 7) is 6.62. The van der Waals surface area contributed by atoms with Crippen molar-refractivity contribution >= 4 is 35.1 Å². The minimum absolute atomic E-state index is 0.00853. The van der Waals surface area contributed by atoms with Crippen molar-refractivity contribution in [2.45, 2.75) is 58.5 Å². The van der Waals surface area contributed by atoms with E-state index in [1.165, 1.54) is 11.5 Å². The van der Waals surface area contributed by atoms with Gasteiger partial charge in [0.25, 0.3) is 0 Å². The van der Waals surface area contributed by atoms with Crippen LogP contribution in [0.4, 0.5) is 13.2 Å². The first-order chi connectivity index (χ1) is 18.0. The average molecular weight is 568 g/mol. The number of hydrogen-bond acceptors (Lipinski definition) is 8. The van der Waals surface area contributed by atoms with Crippen molar-refractivity contribution in [3.63, 3.8) is 0 Å². The molecule has 1 saturated heterocycles. The molecule has 1 fully saturated rings. The molecule has 12 heteroatoms. The molecule has 0 amide bonds. The summed E-state index contributed by atoms with van der Waals surface area (Å²) in [6.07, 6.45) is -4.28. The molecule has 4 rings (SSSR count). The van der Waals surface area contributed by atoms with E-state index in [-0.39, 0.29) is 6.10 Å². The summed E-state index contributed by atoms with van der Waals surface area (Å²) >= 11 is 7.62. The normalized spacial score (nSPS) is 15.8. The van der Waals surface area contributed by atoms with Crippen molar-refractivity contribution in [2.24, 2.45) is 0 Å². The van der Waals surface area contributed by atoms with E-state index in [1.54, 1.807) is 17.0 Å². The maximum absolute atomic E-state index is 12.5. The number of esters is 2. The Morgan fingerprint density at radius 2 is 2.00 bits per heavy atom.